The largest absolute Gasteiger partial charge is 0.479 e. The van der Waals surface area contributed by atoms with Gasteiger partial charge in [-0.1, -0.05) is 12.1 Å². The number of nitrogens with one attached hydrogen (secondary N) is 1. The number of carbonyl (C=O) groups is 2. The molecule has 0 saturated carbocycles. The number of carboxylic acid groups (broad SMARTS) is 1. The molecule has 1 rings (SSSR count). The molecule has 0 aliphatic heterocycles. The lowest BCUT2D eigenvalue weighted by Gasteiger charge is -2.27. The number of benzene rings is 1. The summed E-state index contributed by atoms with van der Waals surface area (Å²) in [7, 11) is 0. The third kappa shape index (κ3) is 3.98. The molecule has 1 atom stereocenters. The molecule has 1 aromatic rings. The van der Waals surface area contributed by atoms with Crippen LogP contribution in [0.2, 0.25) is 0 Å². The predicted molar refractivity (Wildman–Crippen MR) is 70.1 cm³/mol. The Kier molecular flexibility index (Phi) is 4.62. The van der Waals surface area contributed by atoms with Gasteiger partial charge in [-0.05, 0) is 30.7 Å². The quantitative estimate of drug-likeness (QED) is 0.584. The fraction of sp³-hybridized carbons (Fsp3) is 0.231. The molecule has 0 fully saturated rings. The molecule has 1 unspecified atom stereocenters. The average Bonchev–Trinajstić information content (AvgIpc) is 2.34. The molecule has 0 aliphatic rings. The highest BCUT2D eigenvalue weighted by molar-refractivity contribution is 5.96. The van der Waals surface area contributed by atoms with Crippen LogP contribution in [0.4, 0.5) is 18.9 Å². The van der Waals surface area contributed by atoms with Crippen molar-refractivity contribution in [3.05, 3.63) is 35.9 Å². The number of hydrogen-bond donors (Lipinski definition) is 3. The number of alkyl halides is 3. The predicted octanol–water partition coefficient (Wildman–Crippen LogP) is 1.80. The van der Waals surface area contributed by atoms with Crippen molar-refractivity contribution in [3.8, 4) is 0 Å². The van der Waals surface area contributed by atoms with Gasteiger partial charge < -0.3 is 16.2 Å². The van der Waals surface area contributed by atoms with E-state index in [-0.39, 0.29) is 0 Å². The molecular formula is C13H13F3N2O3. The van der Waals surface area contributed by atoms with Gasteiger partial charge in [0, 0.05) is 11.8 Å². The highest BCUT2D eigenvalue weighted by Gasteiger charge is 2.58. The number of nitrogen functional groups attached to an aromatic ring is 1. The van der Waals surface area contributed by atoms with Crippen LogP contribution in [0.15, 0.2) is 30.3 Å². The third-order valence-corrected chi connectivity index (χ3v) is 2.71. The van der Waals surface area contributed by atoms with Gasteiger partial charge in [-0.15, -0.1) is 0 Å². The zero-order valence-electron chi connectivity index (χ0n) is 10.9. The van der Waals surface area contributed by atoms with Crippen LogP contribution in [-0.4, -0.2) is 28.7 Å². The molecular weight excluding hydrogens is 289 g/mol. The summed E-state index contributed by atoms with van der Waals surface area (Å²) in [5.74, 6) is -3.37. The normalized spacial score (nSPS) is 14.7. The maximum atomic E-state index is 12.7. The first-order valence-electron chi connectivity index (χ1n) is 5.72. The molecule has 0 saturated heterocycles. The Morgan fingerprint density at radius 1 is 1.33 bits per heavy atom. The van der Waals surface area contributed by atoms with E-state index in [1.165, 1.54) is 17.5 Å². The van der Waals surface area contributed by atoms with E-state index in [2.05, 4.69) is 0 Å². The van der Waals surface area contributed by atoms with Gasteiger partial charge in [0.15, 0.2) is 0 Å². The standard InChI is InChI=1S/C13H13F3N2O3/c1-12(11(20)21,13(14,15)16)18-10(19)6-5-8-3-2-4-9(17)7-8/h2-7H,17H2,1H3,(H,18,19)(H,20,21)/b6-5+. The van der Waals surface area contributed by atoms with Crippen molar-refractivity contribution in [2.75, 3.05) is 5.73 Å². The van der Waals surface area contributed by atoms with Crippen molar-refractivity contribution >= 4 is 23.6 Å². The summed E-state index contributed by atoms with van der Waals surface area (Å²) < 4.78 is 38.1. The van der Waals surface area contributed by atoms with Gasteiger partial charge >= 0.3 is 12.1 Å². The SMILES string of the molecule is CC(NC(=O)/C=C/c1cccc(N)c1)(C(=O)O)C(F)(F)F. The van der Waals surface area contributed by atoms with E-state index in [9.17, 15) is 22.8 Å². The minimum absolute atomic E-state index is 0.377. The first-order chi connectivity index (χ1) is 9.56. The Bertz CT molecular complexity index is 584. The van der Waals surface area contributed by atoms with Gasteiger partial charge in [0.1, 0.15) is 0 Å². The molecule has 0 radical (unpaired) electrons. The molecule has 21 heavy (non-hydrogen) atoms. The highest BCUT2D eigenvalue weighted by atomic mass is 19.4. The number of anilines is 1. The number of nitrogens with two attached hydrogens (primary N) is 1. The number of rotatable bonds is 4. The summed E-state index contributed by atoms with van der Waals surface area (Å²) in [5, 5.41) is 10.1. The first kappa shape index (κ1) is 16.5. The van der Waals surface area contributed by atoms with Crippen molar-refractivity contribution < 1.29 is 27.9 Å². The topological polar surface area (TPSA) is 92.4 Å². The summed E-state index contributed by atoms with van der Waals surface area (Å²) in [5.41, 5.74) is 3.06. The Morgan fingerprint density at radius 2 is 1.95 bits per heavy atom. The van der Waals surface area contributed by atoms with Gasteiger partial charge in [-0.2, -0.15) is 13.2 Å². The van der Waals surface area contributed by atoms with Crippen molar-refractivity contribution in [3.63, 3.8) is 0 Å². The summed E-state index contributed by atoms with van der Waals surface area (Å²) >= 11 is 0. The van der Waals surface area contributed by atoms with Crippen molar-refractivity contribution in [1.82, 2.24) is 5.32 Å². The first-order valence-corrected chi connectivity index (χ1v) is 5.72. The van der Waals surface area contributed by atoms with E-state index in [1.807, 2.05) is 0 Å². The lowest BCUT2D eigenvalue weighted by atomic mass is 10.0. The van der Waals surface area contributed by atoms with Crippen LogP contribution in [0, 0.1) is 0 Å². The van der Waals surface area contributed by atoms with Gasteiger partial charge in [0.25, 0.3) is 0 Å². The third-order valence-electron chi connectivity index (χ3n) is 2.71. The monoisotopic (exact) mass is 302 g/mol. The van der Waals surface area contributed by atoms with Crippen LogP contribution >= 0.6 is 0 Å². The second-order valence-corrected chi connectivity index (χ2v) is 4.42. The number of amides is 1. The van der Waals surface area contributed by atoms with Gasteiger partial charge in [-0.3, -0.25) is 4.79 Å². The molecule has 1 aromatic carbocycles. The fourth-order valence-electron chi connectivity index (χ4n) is 1.37. The Labute approximate surface area is 118 Å². The van der Waals surface area contributed by atoms with E-state index < -0.39 is 23.6 Å². The zero-order valence-corrected chi connectivity index (χ0v) is 10.9. The van der Waals surface area contributed by atoms with Crippen LogP contribution in [0.5, 0.6) is 0 Å². The highest BCUT2D eigenvalue weighted by Crippen LogP contribution is 2.30. The van der Waals surface area contributed by atoms with Crippen LogP contribution in [0.3, 0.4) is 0 Å². The molecule has 5 nitrogen and oxygen atoms in total. The lowest BCUT2D eigenvalue weighted by molar-refractivity contribution is -0.206. The van der Waals surface area contributed by atoms with E-state index in [1.54, 1.807) is 18.2 Å². The number of aliphatic carboxylic acids is 1. The van der Waals surface area contributed by atoms with E-state index in [4.69, 9.17) is 10.8 Å². The molecule has 0 heterocycles. The van der Waals surface area contributed by atoms with Crippen LogP contribution in [0.25, 0.3) is 6.08 Å². The number of hydrogen-bond acceptors (Lipinski definition) is 3. The maximum Gasteiger partial charge on any atom is 0.422 e. The van der Waals surface area contributed by atoms with Gasteiger partial charge in [-0.25, -0.2) is 4.79 Å². The van der Waals surface area contributed by atoms with Crippen molar-refractivity contribution in [2.24, 2.45) is 0 Å². The van der Waals surface area contributed by atoms with Crippen LogP contribution in [-0.2, 0) is 9.59 Å². The van der Waals surface area contributed by atoms with Crippen LogP contribution in [0.1, 0.15) is 12.5 Å². The second-order valence-electron chi connectivity index (χ2n) is 4.42. The Balaban J connectivity index is 2.87. The second kappa shape index (κ2) is 5.86. The summed E-state index contributed by atoms with van der Waals surface area (Å²) in [6, 6.07) is 6.29. The summed E-state index contributed by atoms with van der Waals surface area (Å²) in [6.45, 7) is 0.377. The Hall–Kier alpha value is -2.51. The molecule has 0 aromatic heterocycles. The van der Waals surface area contributed by atoms with Crippen molar-refractivity contribution in [1.29, 1.82) is 0 Å². The minimum Gasteiger partial charge on any atom is -0.479 e. The average molecular weight is 302 g/mol. The molecule has 4 N–H and O–H groups in total. The summed E-state index contributed by atoms with van der Waals surface area (Å²) in [6.07, 6.45) is -3.09. The molecule has 114 valence electrons. The minimum atomic E-state index is -5.13. The zero-order chi connectivity index (χ0) is 16.3. The lowest BCUT2D eigenvalue weighted by Crippen LogP contribution is -2.61. The molecule has 0 spiro atoms. The van der Waals surface area contributed by atoms with Crippen LogP contribution < -0.4 is 11.1 Å². The summed E-state index contributed by atoms with van der Waals surface area (Å²) in [4.78, 5) is 22.2. The van der Waals surface area contributed by atoms with E-state index >= 15 is 0 Å². The van der Waals surface area contributed by atoms with E-state index in [0.717, 1.165) is 6.08 Å². The maximum absolute atomic E-state index is 12.7. The smallest absolute Gasteiger partial charge is 0.422 e. The van der Waals surface area contributed by atoms with Gasteiger partial charge in [0.05, 0.1) is 0 Å². The van der Waals surface area contributed by atoms with Crippen molar-refractivity contribution in [2.45, 2.75) is 18.6 Å². The van der Waals surface area contributed by atoms with Gasteiger partial charge in [0.2, 0.25) is 11.4 Å². The fourth-order valence-corrected chi connectivity index (χ4v) is 1.37. The number of carboxylic acids is 1. The van der Waals surface area contributed by atoms with E-state index in [0.29, 0.717) is 18.2 Å². The molecule has 0 bridgehead atoms. The molecule has 1 amide bonds. The number of carbonyl (C=O) groups excluding carboxylic acids is 1. The Morgan fingerprint density at radius 3 is 2.43 bits per heavy atom. The molecule has 0 aliphatic carbocycles. The molecule has 8 heteroatoms. The number of halogens is 3.